The average molecular weight is 297 g/mol. The molecule has 3 heterocycles. The second kappa shape index (κ2) is 5.29. The lowest BCUT2D eigenvalue weighted by Gasteiger charge is -2.13. The molecule has 0 bridgehead atoms. The van der Waals surface area contributed by atoms with Crippen molar-refractivity contribution in [3.63, 3.8) is 0 Å². The molecule has 1 amide bonds. The summed E-state index contributed by atoms with van der Waals surface area (Å²) in [6.07, 6.45) is 3.44. The Morgan fingerprint density at radius 3 is 2.73 bits per heavy atom. The van der Waals surface area contributed by atoms with Crippen molar-refractivity contribution in [3.05, 3.63) is 36.3 Å². The van der Waals surface area contributed by atoms with Gasteiger partial charge in [-0.05, 0) is 26.0 Å². The molecule has 1 N–H and O–H groups in total. The summed E-state index contributed by atoms with van der Waals surface area (Å²) in [4.78, 5) is 23.0. The maximum atomic E-state index is 12.7. The van der Waals surface area contributed by atoms with Crippen molar-refractivity contribution in [2.45, 2.75) is 19.9 Å². The van der Waals surface area contributed by atoms with Crippen LogP contribution in [0.1, 0.15) is 24.2 Å². The fourth-order valence-electron chi connectivity index (χ4n) is 2.57. The van der Waals surface area contributed by atoms with E-state index in [2.05, 4.69) is 15.3 Å². The van der Waals surface area contributed by atoms with Crippen LogP contribution < -0.4 is 5.32 Å². The summed E-state index contributed by atoms with van der Waals surface area (Å²) >= 11 is 0. The number of carbonyl (C=O) groups is 1. The Bertz CT molecular complexity index is 850. The van der Waals surface area contributed by atoms with E-state index in [0.717, 1.165) is 16.6 Å². The number of aromatic nitrogens is 3. The highest BCUT2D eigenvalue weighted by molar-refractivity contribution is 6.16. The third-order valence-corrected chi connectivity index (χ3v) is 3.47. The van der Waals surface area contributed by atoms with Crippen LogP contribution in [0.3, 0.4) is 0 Å². The topological polar surface area (TPSA) is 62.5 Å². The van der Waals surface area contributed by atoms with E-state index in [-0.39, 0.29) is 11.9 Å². The predicted octanol–water partition coefficient (Wildman–Crippen LogP) is 2.40. The molecule has 0 aliphatic rings. The summed E-state index contributed by atoms with van der Waals surface area (Å²) in [5.74, 6) is 0.634. The molecule has 3 rings (SSSR count). The molecule has 0 aromatic carbocycles. The van der Waals surface area contributed by atoms with Crippen LogP contribution >= 0.6 is 0 Å². The van der Waals surface area contributed by atoms with E-state index < -0.39 is 0 Å². The van der Waals surface area contributed by atoms with Gasteiger partial charge in [-0.3, -0.25) is 4.79 Å². The van der Waals surface area contributed by atoms with E-state index in [9.17, 15) is 4.79 Å². The van der Waals surface area contributed by atoms with Crippen molar-refractivity contribution in [1.29, 1.82) is 0 Å². The first-order valence-electron chi connectivity index (χ1n) is 7.22. The lowest BCUT2D eigenvalue weighted by Crippen LogP contribution is -2.22. The van der Waals surface area contributed by atoms with Gasteiger partial charge in [-0.1, -0.05) is 6.07 Å². The molecule has 6 heteroatoms. The Hall–Kier alpha value is -2.63. The zero-order valence-electron chi connectivity index (χ0n) is 13.2. The van der Waals surface area contributed by atoms with Gasteiger partial charge in [0.1, 0.15) is 12.1 Å². The van der Waals surface area contributed by atoms with Gasteiger partial charge in [0.05, 0.1) is 16.5 Å². The van der Waals surface area contributed by atoms with Crippen molar-refractivity contribution in [2.75, 3.05) is 19.4 Å². The van der Waals surface area contributed by atoms with Crippen LogP contribution in [0, 0.1) is 0 Å². The van der Waals surface area contributed by atoms with Crippen molar-refractivity contribution in [1.82, 2.24) is 19.3 Å². The summed E-state index contributed by atoms with van der Waals surface area (Å²) < 4.78 is 1.93. The largest absolute Gasteiger partial charge is 0.367 e. The van der Waals surface area contributed by atoms with E-state index in [1.54, 1.807) is 19.0 Å². The van der Waals surface area contributed by atoms with Crippen LogP contribution in [0.2, 0.25) is 0 Å². The summed E-state index contributed by atoms with van der Waals surface area (Å²) in [5, 5.41) is 4.07. The van der Waals surface area contributed by atoms with Crippen LogP contribution in [-0.2, 0) is 0 Å². The molecule has 0 aliphatic carbocycles. The molecule has 114 valence electrons. The first-order valence-corrected chi connectivity index (χ1v) is 7.22. The lowest BCUT2D eigenvalue weighted by molar-refractivity contribution is 0.0831. The molecule has 0 unspecified atom stereocenters. The van der Waals surface area contributed by atoms with Crippen LogP contribution in [0.15, 0.2) is 30.7 Å². The molecule has 6 nitrogen and oxygen atoms in total. The summed E-state index contributed by atoms with van der Waals surface area (Å²) in [6.45, 7) is 4.08. The quantitative estimate of drug-likeness (QED) is 0.806. The molecule has 3 aromatic rings. The van der Waals surface area contributed by atoms with Crippen molar-refractivity contribution >= 4 is 28.3 Å². The third kappa shape index (κ3) is 2.16. The number of pyridine rings is 1. The van der Waals surface area contributed by atoms with Crippen LogP contribution in [0.25, 0.3) is 16.6 Å². The number of nitrogens with zero attached hydrogens (tertiary/aromatic N) is 4. The lowest BCUT2D eigenvalue weighted by atomic mass is 10.1. The number of anilines is 1. The fourth-order valence-corrected chi connectivity index (χ4v) is 2.57. The Labute approximate surface area is 128 Å². The summed E-state index contributed by atoms with van der Waals surface area (Å²) in [5.41, 5.74) is 2.20. The van der Waals surface area contributed by atoms with Crippen molar-refractivity contribution in [3.8, 4) is 0 Å². The minimum absolute atomic E-state index is 0.0553. The monoisotopic (exact) mass is 297 g/mol. The van der Waals surface area contributed by atoms with Gasteiger partial charge in [0.2, 0.25) is 0 Å². The van der Waals surface area contributed by atoms with E-state index in [1.165, 1.54) is 6.33 Å². The summed E-state index contributed by atoms with van der Waals surface area (Å²) in [6, 6.07) is 5.98. The smallest absolute Gasteiger partial charge is 0.256 e. The number of hydrogen-bond donors (Lipinski definition) is 1. The van der Waals surface area contributed by atoms with Gasteiger partial charge in [0, 0.05) is 26.3 Å². The SMILES string of the molecule is CC(C)Nc1ncnc2c1c(C(=O)N(C)C)c1ccccn12. The molecule has 0 atom stereocenters. The first-order chi connectivity index (χ1) is 10.5. The molecule has 0 aliphatic heterocycles. The number of rotatable bonds is 3. The maximum absolute atomic E-state index is 12.7. The van der Waals surface area contributed by atoms with Gasteiger partial charge in [-0.15, -0.1) is 0 Å². The second-order valence-corrected chi connectivity index (χ2v) is 5.75. The fraction of sp³-hybridized carbons (Fsp3) is 0.312. The van der Waals surface area contributed by atoms with Crippen molar-refractivity contribution < 1.29 is 4.79 Å². The number of fused-ring (bicyclic) bond motifs is 3. The number of carbonyl (C=O) groups excluding carboxylic acids is 1. The maximum Gasteiger partial charge on any atom is 0.256 e. The highest BCUT2D eigenvalue weighted by Gasteiger charge is 2.23. The van der Waals surface area contributed by atoms with Gasteiger partial charge in [0.25, 0.3) is 5.91 Å². The average Bonchev–Trinajstić information content (AvgIpc) is 2.81. The van der Waals surface area contributed by atoms with E-state index in [0.29, 0.717) is 11.4 Å². The van der Waals surface area contributed by atoms with Gasteiger partial charge in [-0.25, -0.2) is 9.97 Å². The highest BCUT2D eigenvalue weighted by Crippen LogP contribution is 2.30. The zero-order valence-corrected chi connectivity index (χ0v) is 13.2. The number of nitrogens with one attached hydrogen (secondary N) is 1. The number of amides is 1. The number of hydrogen-bond acceptors (Lipinski definition) is 4. The molecule has 0 spiro atoms. The highest BCUT2D eigenvalue weighted by atomic mass is 16.2. The molecule has 0 saturated heterocycles. The molecule has 3 aromatic heterocycles. The van der Waals surface area contributed by atoms with Gasteiger partial charge >= 0.3 is 0 Å². The molecule has 0 fully saturated rings. The van der Waals surface area contributed by atoms with Gasteiger partial charge in [0.15, 0.2) is 5.65 Å². The van der Waals surface area contributed by atoms with E-state index in [1.807, 2.05) is 42.6 Å². The van der Waals surface area contributed by atoms with E-state index in [4.69, 9.17) is 0 Å². The van der Waals surface area contributed by atoms with Crippen LogP contribution in [-0.4, -0.2) is 45.3 Å². The zero-order chi connectivity index (χ0) is 15.9. The minimum atomic E-state index is -0.0553. The first kappa shape index (κ1) is 14.3. The summed E-state index contributed by atoms with van der Waals surface area (Å²) in [7, 11) is 3.50. The second-order valence-electron chi connectivity index (χ2n) is 5.75. The minimum Gasteiger partial charge on any atom is -0.367 e. The normalized spacial score (nSPS) is 11.3. The third-order valence-electron chi connectivity index (χ3n) is 3.47. The predicted molar refractivity (Wildman–Crippen MR) is 87.3 cm³/mol. The molecular formula is C16H19N5O. The molecule has 22 heavy (non-hydrogen) atoms. The Balaban J connectivity index is 2.43. The van der Waals surface area contributed by atoms with Gasteiger partial charge in [-0.2, -0.15) is 0 Å². The standard InChI is InChI=1S/C16H19N5O/c1-10(2)19-14-13-12(16(22)20(3)4)11-7-5-6-8-21(11)15(13)18-9-17-14/h5-10H,1-4H3,(H,17,18,19). The van der Waals surface area contributed by atoms with Crippen LogP contribution in [0.4, 0.5) is 5.82 Å². The van der Waals surface area contributed by atoms with E-state index >= 15 is 0 Å². The molecule has 0 radical (unpaired) electrons. The Kier molecular flexibility index (Phi) is 3.44. The Morgan fingerprint density at radius 1 is 1.27 bits per heavy atom. The van der Waals surface area contributed by atoms with Gasteiger partial charge < -0.3 is 14.6 Å². The molecular weight excluding hydrogens is 278 g/mol. The molecule has 0 saturated carbocycles. The van der Waals surface area contributed by atoms with Crippen molar-refractivity contribution in [2.24, 2.45) is 0 Å². The van der Waals surface area contributed by atoms with Crippen LogP contribution in [0.5, 0.6) is 0 Å². The Morgan fingerprint density at radius 2 is 2.05 bits per heavy atom.